The minimum absolute atomic E-state index is 0.433. The molecule has 1 heterocycles. The number of benzene rings is 1. The molecule has 2 rings (SSSR count). The summed E-state index contributed by atoms with van der Waals surface area (Å²) in [6.45, 7) is 3.64. The molecule has 0 aromatic heterocycles. The fourth-order valence-corrected chi connectivity index (χ4v) is 3.49. The van der Waals surface area contributed by atoms with Crippen LogP contribution in [0.5, 0.6) is 0 Å². The molecule has 2 unspecified atom stereocenters. The van der Waals surface area contributed by atoms with Crippen LogP contribution in [0.4, 0.5) is 0 Å². The maximum atomic E-state index is 10.9. The first-order valence-corrected chi connectivity index (χ1v) is 7.85. The Morgan fingerprint density at radius 2 is 2.21 bits per heavy atom. The van der Waals surface area contributed by atoms with Crippen molar-refractivity contribution in [2.45, 2.75) is 37.5 Å². The maximum absolute atomic E-state index is 10.9. The molecule has 2 atom stereocenters. The van der Waals surface area contributed by atoms with Gasteiger partial charge in [-0.05, 0) is 36.6 Å². The molecule has 1 aliphatic rings. The van der Waals surface area contributed by atoms with Gasteiger partial charge in [0.15, 0.2) is 0 Å². The van der Waals surface area contributed by atoms with Crippen LogP contribution >= 0.6 is 11.8 Å². The minimum Gasteiger partial charge on any atom is -0.481 e. The first kappa shape index (κ1) is 14.4. The van der Waals surface area contributed by atoms with Gasteiger partial charge in [-0.2, -0.15) is 11.8 Å². The van der Waals surface area contributed by atoms with E-state index in [2.05, 4.69) is 17.1 Å². The van der Waals surface area contributed by atoms with E-state index in [1.54, 1.807) is 6.92 Å². The van der Waals surface area contributed by atoms with E-state index in [9.17, 15) is 4.79 Å². The second-order valence-electron chi connectivity index (χ2n) is 5.07. The Balaban J connectivity index is 1.79. The van der Waals surface area contributed by atoms with Crippen molar-refractivity contribution in [3.05, 3.63) is 35.4 Å². The molecule has 0 saturated carbocycles. The van der Waals surface area contributed by atoms with Crippen molar-refractivity contribution >= 4 is 17.7 Å². The van der Waals surface area contributed by atoms with Crippen LogP contribution in [0.25, 0.3) is 0 Å². The monoisotopic (exact) mass is 279 g/mol. The van der Waals surface area contributed by atoms with Crippen molar-refractivity contribution in [2.24, 2.45) is 0 Å². The molecule has 19 heavy (non-hydrogen) atoms. The van der Waals surface area contributed by atoms with E-state index in [1.807, 2.05) is 24.3 Å². The van der Waals surface area contributed by atoms with Crippen LogP contribution in [0.1, 0.15) is 36.8 Å². The SMILES string of the molecule is CC(C(=O)O)c1ccc(CNCC2CCCS2)cc1. The van der Waals surface area contributed by atoms with E-state index in [1.165, 1.54) is 24.2 Å². The van der Waals surface area contributed by atoms with Crippen molar-refractivity contribution in [2.75, 3.05) is 12.3 Å². The Morgan fingerprint density at radius 3 is 2.79 bits per heavy atom. The number of carboxylic acid groups (broad SMARTS) is 1. The molecule has 1 aromatic carbocycles. The highest BCUT2D eigenvalue weighted by Gasteiger charge is 2.15. The molecule has 0 bridgehead atoms. The lowest BCUT2D eigenvalue weighted by atomic mass is 10.00. The Kier molecular flexibility index (Phi) is 5.28. The Morgan fingerprint density at radius 1 is 1.47 bits per heavy atom. The van der Waals surface area contributed by atoms with Crippen LogP contribution in [0.2, 0.25) is 0 Å². The van der Waals surface area contributed by atoms with E-state index < -0.39 is 11.9 Å². The van der Waals surface area contributed by atoms with Crippen LogP contribution in [0, 0.1) is 0 Å². The molecule has 1 aliphatic heterocycles. The Hall–Kier alpha value is -1.00. The van der Waals surface area contributed by atoms with Gasteiger partial charge in [-0.3, -0.25) is 4.79 Å². The smallest absolute Gasteiger partial charge is 0.310 e. The fourth-order valence-electron chi connectivity index (χ4n) is 2.25. The van der Waals surface area contributed by atoms with Crippen molar-refractivity contribution in [3.63, 3.8) is 0 Å². The topological polar surface area (TPSA) is 49.3 Å². The molecule has 2 N–H and O–H groups in total. The molecule has 0 amide bonds. The molecule has 4 heteroatoms. The summed E-state index contributed by atoms with van der Waals surface area (Å²) >= 11 is 2.06. The third-order valence-corrected chi connectivity index (χ3v) is 4.97. The van der Waals surface area contributed by atoms with Crippen molar-refractivity contribution in [1.29, 1.82) is 0 Å². The maximum Gasteiger partial charge on any atom is 0.310 e. The van der Waals surface area contributed by atoms with Gasteiger partial charge in [0.25, 0.3) is 0 Å². The van der Waals surface area contributed by atoms with Gasteiger partial charge in [0, 0.05) is 18.3 Å². The predicted octanol–water partition coefficient (Wildman–Crippen LogP) is 2.86. The van der Waals surface area contributed by atoms with Crippen molar-refractivity contribution < 1.29 is 9.90 Å². The fraction of sp³-hybridized carbons (Fsp3) is 0.533. The van der Waals surface area contributed by atoms with Gasteiger partial charge < -0.3 is 10.4 Å². The van der Waals surface area contributed by atoms with E-state index in [0.717, 1.165) is 23.9 Å². The summed E-state index contributed by atoms with van der Waals surface area (Å²) in [5.74, 6) is 0.0923. The van der Waals surface area contributed by atoms with E-state index in [0.29, 0.717) is 0 Å². The molecule has 0 spiro atoms. The molecule has 104 valence electrons. The number of thioether (sulfide) groups is 1. The lowest BCUT2D eigenvalue weighted by Gasteiger charge is -2.11. The third kappa shape index (κ3) is 4.25. The Bertz CT molecular complexity index is 413. The van der Waals surface area contributed by atoms with Gasteiger partial charge >= 0.3 is 5.97 Å². The Labute approximate surface area is 118 Å². The number of hydrogen-bond donors (Lipinski definition) is 2. The number of rotatable bonds is 6. The van der Waals surface area contributed by atoms with Crippen LogP contribution < -0.4 is 5.32 Å². The number of aliphatic carboxylic acids is 1. The summed E-state index contributed by atoms with van der Waals surface area (Å²) in [4.78, 5) is 10.9. The lowest BCUT2D eigenvalue weighted by molar-refractivity contribution is -0.138. The zero-order valence-electron chi connectivity index (χ0n) is 11.3. The van der Waals surface area contributed by atoms with Crippen molar-refractivity contribution in [3.8, 4) is 0 Å². The summed E-state index contributed by atoms with van der Waals surface area (Å²) in [6, 6.07) is 7.87. The van der Waals surface area contributed by atoms with Gasteiger partial charge in [0.1, 0.15) is 0 Å². The summed E-state index contributed by atoms with van der Waals surface area (Å²) in [5.41, 5.74) is 2.08. The van der Waals surface area contributed by atoms with Crippen LogP contribution in [0.3, 0.4) is 0 Å². The van der Waals surface area contributed by atoms with Crippen molar-refractivity contribution in [1.82, 2.24) is 5.32 Å². The van der Waals surface area contributed by atoms with E-state index in [-0.39, 0.29) is 0 Å². The molecular formula is C15H21NO2S. The summed E-state index contributed by atoms with van der Waals surface area (Å²) in [6.07, 6.45) is 2.67. The normalized spacial score (nSPS) is 20.4. The van der Waals surface area contributed by atoms with Gasteiger partial charge in [0.2, 0.25) is 0 Å². The third-order valence-electron chi connectivity index (χ3n) is 3.58. The minimum atomic E-state index is -0.774. The predicted molar refractivity (Wildman–Crippen MR) is 79.7 cm³/mol. The molecule has 1 aromatic rings. The van der Waals surface area contributed by atoms with Gasteiger partial charge in [0.05, 0.1) is 5.92 Å². The summed E-state index contributed by atoms with van der Waals surface area (Å²) in [5, 5.41) is 13.2. The lowest BCUT2D eigenvalue weighted by Crippen LogP contribution is -2.22. The van der Waals surface area contributed by atoms with Gasteiger partial charge in [-0.15, -0.1) is 0 Å². The van der Waals surface area contributed by atoms with Gasteiger partial charge in [-0.1, -0.05) is 24.3 Å². The zero-order chi connectivity index (χ0) is 13.7. The van der Waals surface area contributed by atoms with Crippen LogP contribution in [-0.2, 0) is 11.3 Å². The average Bonchev–Trinajstić information content (AvgIpc) is 2.92. The first-order valence-electron chi connectivity index (χ1n) is 6.81. The largest absolute Gasteiger partial charge is 0.481 e. The standard InChI is InChI=1S/C15H21NO2S/c1-11(15(17)18)13-6-4-12(5-7-13)9-16-10-14-3-2-8-19-14/h4-7,11,14,16H,2-3,8-10H2,1H3,(H,17,18). The average molecular weight is 279 g/mol. The molecule has 3 nitrogen and oxygen atoms in total. The van der Waals surface area contributed by atoms with Gasteiger partial charge in [-0.25, -0.2) is 0 Å². The summed E-state index contributed by atoms with van der Waals surface area (Å²) < 4.78 is 0. The molecular weight excluding hydrogens is 258 g/mol. The molecule has 0 radical (unpaired) electrons. The highest BCUT2D eigenvalue weighted by molar-refractivity contribution is 8.00. The number of hydrogen-bond acceptors (Lipinski definition) is 3. The zero-order valence-corrected chi connectivity index (χ0v) is 12.1. The second kappa shape index (κ2) is 6.96. The molecule has 1 fully saturated rings. The van der Waals surface area contributed by atoms with Crippen LogP contribution in [0.15, 0.2) is 24.3 Å². The highest BCUT2D eigenvalue weighted by Crippen LogP contribution is 2.25. The van der Waals surface area contributed by atoms with E-state index in [4.69, 9.17) is 5.11 Å². The highest BCUT2D eigenvalue weighted by atomic mass is 32.2. The quantitative estimate of drug-likeness (QED) is 0.840. The second-order valence-corrected chi connectivity index (χ2v) is 6.48. The molecule has 1 saturated heterocycles. The molecule has 0 aliphatic carbocycles. The van der Waals surface area contributed by atoms with Crippen LogP contribution in [-0.4, -0.2) is 28.6 Å². The first-order chi connectivity index (χ1) is 9.16. The number of carboxylic acids is 1. The number of carbonyl (C=O) groups is 1. The summed E-state index contributed by atoms with van der Waals surface area (Å²) in [7, 11) is 0. The number of nitrogens with one attached hydrogen (secondary N) is 1. The van der Waals surface area contributed by atoms with E-state index >= 15 is 0 Å².